The van der Waals surface area contributed by atoms with Gasteiger partial charge in [-0.05, 0) is 48.9 Å². The second-order valence-corrected chi connectivity index (χ2v) is 9.82. The van der Waals surface area contributed by atoms with Crippen molar-refractivity contribution in [2.75, 3.05) is 7.11 Å². The number of methoxy groups -OCH3 is 1. The first-order valence-corrected chi connectivity index (χ1v) is 11.5. The predicted octanol–water partition coefficient (Wildman–Crippen LogP) is 6.10. The highest BCUT2D eigenvalue weighted by atomic mass is 35.5. The maximum atomic E-state index is 13.5. The third-order valence-electron chi connectivity index (χ3n) is 4.80. The van der Waals surface area contributed by atoms with E-state index >= 15 is 0 Å². The largest absolute Gasteiger partial charge is 0.497 e. The van der Waals surface area contributed by atoms with Gasteiger partial charge in [0, 0.05) is 12.0 Å². The van der Waals surface area contributed by atoms with Crippen LogP contribution in [0.5, 0.6) is 5.75 Å². The number of hydrogen-bond acceptors (Lipinski definition) is 4. The summed E-state index contributed by atoms with van der Waals surface area (Å²) >= 11 is 12.1. The Labute approximate surface area is 186 Å². The predicted molar refractivity (Wildman–Crippen MR) is 120 cm³/mol. The molecule has 0 aromatic heterocycles. The van der Waals surface area contributed by atoms with Crippen molar-refractivity contribution in [3.05, 3.63) is 93.5 Å². The van der Waals surface area contributed by atoms with E-state index in [1.807, 2.05) is 6.92 Å². The molecule has 0 bridgehead atoms. The molecule has 30 heavy (non-hydrogen) atoms. The van der Waals surface area contributed by atoms with Crippen molar-refractivity contribution in [1.82, 2.24) is 0 Å². The van der Waals surface area contributed by atoms with E-state index in [1.54, 1.807) is 54.6 Å². The molecule has 0 heterocycles. The zero-order valence-corrected chi connectivity index (χ0v) is 18.8. The number of aryl methyl sites for hydroxylation is 1. The summed E-state index contributed by atoms with van der Waals surface area (Å²) in [5.74, 6) is 0.203. The summed E-state index contributed by atoms with van der Waals surface area (Å²) in [6.07, 6.45) is -0.249. The maximum Gasteiger partial charge on any atom is 0.185 e. The number of carbonyl (C=O) groups excluding carboxylic acids is 1. The van der Waals surface area contributed by atoms with Gasteiger partial charge in [-0.15, -0.1) is 0 Å². The molecular formula is C23H20Cl2O4S. The third-order valence-corrected chi connectivity index (χ3v) is 7.66. The molecule has 0 aliphatic rings. The van der Waals surface area contributed by atoms with Crippen molar-refractivity contribution in [1.29, 1.82) is 0 Å². The van der Waals surface area contributed by atoms with Crippen molar-refractivity contribution in [3.8, 4) is 5.75 Å². The van der Waals surface area contributed by atoms with Crippen LogP contribution < -0.4 is 4.74 Å². The number of Topliss-reactive ketones (excluding diaryl/α,β-unsaturated/α-hetero) is 1. The minimum absolute atomic E-state index is 0.141. The molecule has 3 rings (SSSR count). The second-order valence-electron chi connectivity index (χ2n) is 6.88. The highest BCUT2D eigenvalue weighted by Crippen LogP contribution is 2.36. The zero-order valence-electron chi connectivity index (χ0n) is 16.4. The fourth-order valence-corrected chi connectivity index (χ4v) is 5.12. The van der Waals surface area contributed by atoms with Crippen molar-refractivity contribution < 1.29 is 17.9 Å². The van der Waals surface area contributed by atoms with E-state index in [1.165, 1.54) is 19.2 Å². The topological polar surface area (TPSA) is 60.4 Å². The summed E-state index contributed by atoms with van der Waals surface area (Å²) in [5.41, 5.74) is 1.72. The molecule has 0 unspecified atom stereocenters. The lowest BCUT2D eigenvalue weighted by atomic mass is 10.0. The van der Waals surface area contributed by atoms with Crippen LogP contribution in [0.3, 0.4) is 0 Å². The van der Waals surface area contributed by atoms with Gasteiger partial charge in [0.25, 0.3) is 0 Å². The van der Waals surface area contributed by atoms with Crippen molar-refractivity contribution >= 4 is 38.8 Å². The Bertz CT molecular complexity index is 1170. The highest BCUT2D eigenvalue weighted by molar-refractivity contribution is 7.91. The molecule has 0 spiro atoms. The quantitative estimate of drug-likeness (QED) is 0.398. The standard InChI is InChI=1S/C23H20Cl2O4S/c1-15-6-9-19(10-7-15)30(27,28)23(17-8-11-20(24)21(25)13-17)14-22(26)16-4-3-5-18(12-16)29-2/h3-13,23H,14H2,1-2H3/t23-/m0/s1. The molecule has 0 saturated heterocycles. The van der Waals surface area contributed by atoms with Gasteiger partial charge in [0.2, 0.25) is 0 Å². The number of carbonyl (C=O) groups is 1. The SMILES string of the molecule is COc1cccc(C(=O)C[C@@H](c2ccc(Cl)c(Cl)c2)S(=O)(=O)c2ccc(C)cc2)c1. The summed E-state index contributed by atoms with van der Waals surface area (Å²) in [7, 11) is -2.37. The summed E-state index contributed by atoms with van der Waals surface area (Å²) in [6, 6.07) is 17.8. The van der Waals surface area contributed by atoms with Gasteiger partial charge in [0.15, 0.2) is 15.6 Å². The van der Waals surface area contributed by atoms with Gasteiger partial charge in [-0.25, -0.2) is 8.42 Å². The number of benzene rings is 3. The van der Waals surface area contributed by atoms with Gasteiger partial charge in [-0.1, -0.05) is 59.1 Å². The fourth-order valence-electron chi connectivity index (χ4n) is 3.09. The van der Waals surface area contributed by atoms with Gasteiger partial charge < -0.3 is 4.74 Å². The fraction of sp³-hybridized carbons (Fsp3) is 0.174. The first-order chi connectivity index (χ1) is 14.2. The molecule has 7 heteroatoms. The molecule has 4 nitrogen and oxygen atoms in total. The van der Waals surface area contributed by atoms with Crippen LogP contribution in [0, 0.1) is 6.92 Å². The Kier molecular flexibility index (Phi) is 6.86. The Morgan fingerprint density at radius 1 is 0.967 bits per heavy atom. The first-order valence-electron chi connectivity index (χ1n) is 9.15. The third kappa shape index (κ3) is 4.86. The van der Waals surface area contributed by atoms with Gasteiger partial charge in [0.1, 0.15) is 5.75 Å². The van der Waals surface area contributed by atoms with Crippen LogP contribution in [-0.2, 0) is 9.84 Å². The van der Waals surface area contributed by atoms with E-state index in [0.29, 0.717) is 21.9 Å². The molecule has 0 aliphatic carbocycles. The average Bonchev–Trinajstić information content (AvgIpc) is 2.74. The van der Waals surface area contributed by atoms with Crippen LogP contribution in [0.1, 0.15) is 33.2 Å². The monoisotopic (exact) mass is 462 g/mol. The normalized spacial score (nSPS) is 12.4. The van der Waals surface area contributed by atoms with E-state index in [0.717, 1.165) is 5.56 Å². The molecule has 0 fully saturated rings. The Morgan fingerprint density at radius 3 is 2.30 bits per heavy atom. The van der Waals surface area contributed by atoms with E-state index in [-0.39, 0.29) is 22.1 Å². The Hall–Kier alpha value is -2.34. The molecule has 0 amide bonds. The second kappa shape index (κ2) is 9.21. The molecule has 0 radical (unpaired) electrons. The number of sulfone groups is 1. The van der Waals surface area contributed by atoms with Gasteiger partial charge in [0.05, 0.1) is 27.3 Å². The van der Waals surface area contributed by atoms with E-state index in [2.05, 4.69) is 0 Å². The van der Waals surface area contributed by atoms with Gasteiger partial charge >= 0.3 is 0 Å². The minimum atomic E-state index is -3.87. The Morgan fingerprint density at radius 2 is 1.67 bits per heavy atom. The van der Waals surface area contributed by atoms with Crippen LogP contribution in [0.4, 0.5) is 0 Å². The molecule has 1 atom stereocenters. The maximum absolute atomic E-state index is 13.5. The Balaban J connectivity index is 2.06. The molecule has 0 saturated carbocycles. The summed E-state index contributed by atoms with van der Waals surface area (Å²) in [4.78, 5) is 13.1. The number of rotatable bonds is 7. The van der Waals surface area contributed by atoms with Crippen LogP contribution in [0.2, 0.25) is 10.0 Å². The van der Waals surface area contributed by atoms with Gasteiger partial charge in [-0.3, -0.25) is 4.79 Å². The lowest BCUT2D eigenvalue weighted by Crippen LogP contribution is -2.18. The summed E-state index contributed by atoms with van der Waals surface area (Å²) < 4.78 is 32.1. The molecular weight excluding hydrogens is 443 g/mol. The molecule has 0 aliphatic heterocycles. The van der Waals surface area contributed by atoms with Crippen LogP contribution in [-0.4, -0.2) is 21.3 Å². The van der Waals surface area contributed by atoms with E-state index in [4.69, 9.17) is 27.9 Å². The molecule has 3 aromatic carbocycles. The lowest BCUT2D eigenvalue weighted by Gasteiger charge is -2.19. The van der Waals surface area contributed by atoms with Crippen LogP contribution in [0.15, 0.2) is 71.6 Å². The minimum Gasteiger partial charge on any atom is -0.497 e. The number of ketones is 1. The summed E-state index contributed by atoms with van der Waals surface area (Å²) in [6.45, 7) is 1.87. The van der Waals surface area contributed by atoms with E-state index < -0.39 is 15.1 Å². The van der Waals surface area contributed by atoms with Crippen molar-refractivity contribution in [2.45, 2.75) is 23.5 Å². The van der Waals surface area contributed by atoms with Crippen LogP contribution in [0.25, 0.3) is 0 Å². The lowest BCUT2D eigenvalue weighted by molar-refractivity contribution is 0.0980. The number of halogens is 2. The van der Waals surface area contributed by atoms with Crippen molar-refractivity contribution in [2.24, 2.45) is 0 Å². The number of hydrogen-bond donors (Lipinski definition) is 0. The van der Waals surface area contributed by atoms with Crippen molar-refractivity contribution in [3.63, 3.8) is 0 Å². The molecule has 0 N–H and O–H groups in total. The first kappa shape index (κ1) is 22.3. The van der Waals surface area contributed by atoms with E-state index in [9.17, 15) is 13.2 Å². The number of ether oxygens (including phenoxy) is 1. The summed E-state index contributed by atoms with van der Waals surface area (Å²) in [5, 5.41) is -0.577. The smallest absolute Gasteiger partial charge is 0.185 e. The highest BCUT2D eigenvalue weighted by Gasteiger charge is 2.32. The average molecular weight is 463 g/mol. The van der Waals surface area contributed by atoms with Crippen LogP contribution >= 0.6 is 23.2 Å². The molecule has 156 valence electrons. The molecule has 3 aromatic rings. The zero-order chi connectivity index (χ0) is 21.9. The van der Waals surface area contributed by atoms with Gasteiger partial charge in [-0.2, -0.15) is 0 Å².